The Kier molecular flexibility index (Phi) is 3.68. The molecule has 3 fully saturated rings. The van der Waals surface area contributed by atoms with Gasteiger partial charge in [-0.1, -0.05) is 33.6 Å². The third-order valence-corrected chi connectivity index (χ3v) is 7.64. The summed E-state index contributed by atoms with van der Waals surface area (Å²) in [7, 11) is 0. The predicted molar refractivity (Wildman–Crippen MR) is 86.2 cm³/mol. The largest absolute Gasteiger partial charge is 0.120 e. The number of hydrogen-bond donors (Lipinski definition) is 0. The lowest BCUT2D eigenvalue weighted by Crippen LogP contribution is -2.48. The van der Waals surface area contributed by atoms with Crippen LogP contribution in [-0.2, 0) is 0 Å². The highest BCUT2D eigenvalue weighted by Gasteiger charge is 2.56. The van der Waals surface area contributed by atoms with Crippen molar-refractivity contribution in [1.29, 1.82) is 0 Å². The molecule has 6 atom stereocenters. The maximum Gasteiger partial charge on any atom is 0.0256 e. The summed E-state index contributed by atoms with van der Waals surface area (Å²) in [4.78, 5) is 0. The number of fused-ring (bicyclic) bond motifs is 3. The molecule has 3 aliphatic rings. The molecule has 6 unspecified atom stereocenters. The summed E-state index contributed by atoms with van der Waals surface area (Å²) < 4.78 is 0. The molecule has 0 N–H and O–H groups in total. The Morgan fingerprint density at radius 1 is 1.05 bits per heavy atom. The van der Waals surface area contributed by atoms with E-state index in [9.17, 15) is 0 Å². The van der Waals surface area contributed by atoms with Crippen molar-refractivity contribution in [2.45, 2.75) is 78.6 Å². The summed E-state index contributed by atoms with van der Waals surface area (Å²) in [5.41, 5.74) is 1.10. The molecule has 0 heteroatoms. The Balaban J connectivity index is 1.86. The third kappa shape index (κ3) is 1.96. The first-order chi connectivity index (χ1) is 9.55. The van der Waals surface area contributed by atoms with Crippen LogP contribution in [0.15, 0.2) is 0 Å². The molecule has 0 aromatic heterocycles. The summed E-state index contributed by atoms with van der Waals surface area (Å²) in [6.45, 7) is 7.49. The summed E-state index contributed by atoms with van der Waals surface area (Å²) in [6.07, 6.45) is 18.6. The monoisotopic (exact) mass is 272 g/mol. The minimum Gasteiger partial charge on any atom is -0.120 e. The van der Waals surface area contributed by atoms with Crippen molar-refractivity contribution in [3.8, 4) is 12.3 Å². The summed E-state index contributed by atoms with van der Waals surface area (Å²) in [5, 5.41) is 0. The van der Waals surface area contributed by atoms with E-state index < -0.39 is 0 Å². The van der Waals surface area contributed by atoms with Crippen molar-refractivity contribution in [2.24, 2.45) is 34.5 Å². The van der Waals surface area contributed by atoms with Crippen molar-refractivity contribution in [1.82, 2.24) is 0 Å². The Bertz CT molecular complexity index is 399. The first-order valence-corrected chi connectivity index (χ1v) is 9.01. The summed E-state index contributed by atoms with van der Waals surface area (Å²) in [5.74, 6) is 6.61. The zero-order valence-corrected chi connectivity index (χ0v) is 13.8. The van der Waals surface area contributed by atoms with Crippen LogP contribution in [0.25, 0.3) is 0 Å². The average molecular weight is 272 g/mol. The standard InChI is InChI=1S/C20H32/c1-5-12-19(3)13-7-8-16-17(19)11-14-20(4)15(6-2)9-10-18(16)20/h2,15-18H,5,7-14H2,1,3-4H3. The van der Waals surface area contributed by atoms with E-state index in [1.54, 1.807) is 0 Å². The molecule has 0 radical (unpaired) electrons. The van der Waals surface area contributed by atoms with Crippen LogP contribution in [0, 0.1) is 46.8 Å². The second-order valence-electron chi connectivity index (χ2n) is 8.51. The molecule has 3 saturated carbocycles. The second-order valence-corrected chi connectivity index (χ2v) is 8.51. The highest BCUT2D eigenvalue weighted by molar-refractivity contribution is 5.13. The lowest BCUT2D eigenvalue weighted by Gasteiger charge is -2.56. The molecule has 0 bridgehead atoms. The molecule has 3 rings (SSSR count). The van der Waals surface area contributed by atoms with Gasteiger partial charge in [0.1, 0.15) is 0 Å². The van der Waals surface area contributed by atoms with Crippen LogP contribution in [0.4, 0.5) is 0 Å². The van der Waals surface area contributed by atoms with Gasteiger partial charge in [0.15, 0.2) is 0 Å². The van der Waals surface area contributed by atoms with Crippen LogP contribution >= 0.6 is 0 Å². The molecule has 0 amide bonds. The average Bonchev–Trinajstić information content (AvgIpc) is 2.76. The molecule has 0 saturated heterocycles. The molecule has 0 aromatic rings. The van der Waals surface area contributed by atoms with Crippen LogP contribution in [-0.4, -0.2) is 0 Å². The Morgan fingerprint density at radius 2 is 1.85 bits per heavy atom. The van der Waals surface area contributed by atoms with Crippen LogP contribution < -0.4 is 0 Å². The lowest BCUT2D eigenvalue weighted by atomic mass is 9.49. The zero-order chi connectivity index (χ0) is 14.4. The first-order valence-electron chi connectivity index (χ1n) is 9.01. The van der Waals surface area contributed by atoms with E-state index in [0.29, 0.717) is 16.7 Å². The van der Waals surface area contributed by atoms with Gasteiger partial charge >= 0.3 is 0 Å². The highest BCUT2D eigenvalue weighted by atomic mass is 14.6. The van der Waals surface area contributed by atoms with Gasteiger partial charge in [-0.25, -0.2) is 0 Å². The fourth-order valence-electron chi connectivity index (χ4n) is 6.64. The van der Waals surface area contributed by atoms with Gasteiger partial charge in [-0.15, -0.1) is 12.3 Å². The molecular formula is C20H32. The predicted octanol–water partition coefficient (Wildman–Crippen LogP) is 5.67. The SMILES string of the molecule is C#CC1CCC2C3CCCC(C)(CCC)C3CCC12C. The van der Waals surface area contributed by atoms with E-state index in [4.69, 9.17) is 6.42 Å². The van der Waals surface area contributed by atoms with Crippen LogP contribution in [0.5, 0.6) is 0 Å². The zero-order valence-electron chi connectivity index (χ0n) is 13.8. The van der Waals surface area contributed by atoms with Crippen molar-refractivity contribution in [3.05, 3.63) is 0 Å². The molecule has 0 aromatic carbocycles. The molecule has 0 spiro atoms. The minimum atomic E-state index is 0.473. The molecule has 0 aliphatic heterocycles. The van der Waals surface area contributed by atoms with Gasteiger partial charge < -0.3 is 0 Å². The van der Waals surface area contributed by atoms with E-state index in [1.807, 2.05) is 0 Å². The third-order valence-electron chi connectivity index (χ3n) is 7.64. The molecule has 3 aliphatic carbocycles. The van der Waals surface area contributed by atoms with Crippen molar-refractivity contribution in [3.63, 3.8) is 0 Å². The Labute approximate surface area is 126 Å². The normalized spacial score (nSPS) is 51.1. The number of rotatable bonds is 2. The van der Waals surface area contributed by atoms with Gasteiger partial charge in [0.2, 0.25) is 0 Å². The van der Waals surface area contributed by atoms with Crippen LogP contribution in [0.1, 0.15) is 78.6 Å². The Hall–Kier alpha value is -0.440. The van der Waals surface area contributed by atoms with Gasteiger partial charge in [-0.3, -0.25) is 0 Å². The smallest absolute Gasteiger partial charge is 0.0256 e. The molecule has 0 nitrogen and oxygen atoms in total. The van der Waals surface area contributed by atoms with Crippen LogP contribution in [0.3, 0.4) is 0 Å². The van der Waals surface area contributed by atoms with Gasteiger partial charge in [-0.2, -0.15) is 0 Å². The summed E-state index contributed by atoms with van der Waals surface area (Å²) in [6, 6.07) is 0. The topological polar surface area (TPSA) is 0 Å². The lowest BCUT2D eigenvalue weighted by molar-refractivity contribution is -0.0655. The van der Waals surface area contributed by atoms with E-state index in [-0.39, 0.29) is 0 Å². The fourth-order valence-corrected chi connectivity index (χ4v) is 6.64. The second kappa shape index (κ2) is 5.08. The van der Waals surface area contributed by atoms with Gasteiger partial charge in [0.25, 0.3) is 0 Å². The van der Waals surface area contributed by atoms with Crippen LogP contribution in [0.2, 0.25) is 0 Å². The minimum absolute atomic E-state index is 0.473. The highest BCUT2D eigenvalue weighted by Crippen LogP contribution is 2.64. The van der Waals surface area contributed by atoms with Crippen molar-refractivity contribution in [2.75, 3.05) is 0 Å². The van der Waals surface area contributed by atoms with E-state index in [1.165, 1.54) is 57.8 Å². The maximum absolute atomic E-state index is 5.85. The molecular weight excluding hydrogens is 240 g/mol. The number of terminal acetylenes is 1. The first kappa shape index (κ1) is 14.5. The van der Waals surface area contributed by atoms with Crippen molar-refractivity contribution >= 4 is 0 Å². The van der Waals surface area contributed by atoms with E-state index >= 15 is 0 Å². The summed E-state index contributed by atoms with van der Waals surface area (Å²) >= 11 is 0. The van der Waals surface area contributed by atoms with Gasteiger partial charge in [0.05, 0.1) is 0 Å². The molecule has 112 valence electrons. The van der Waals surface area contributed by atoms with Gasteiger partial charge in [0, 0.05) is 5.92 Å². The Morgan fingerprint density at radius 3 is 2.55 bits per heavy atom. The fraction of sp³-hybridized carbons (Fsp3) is 0.900. The van der Waals surface area contributed by atoms with Crippen molar-refractivity contribution < 1.29 is 0 Å². The van der Waals surface area contributed by atoms with E-state index in [2.05, 4.69) is 26.7 Å². The molecule has 20 heavy (non-hydrogen) atoms. The maximum atomic E-state index is 5.85. The number of hydrogen-bond acceptors (Lipinski definition) is 0. The molecule has 0 heterocycles. The van der Waals surface area contributed by atoms with E-state index in [0.717, 1.165) is 17.8 Å². The van der Waals surface area contributed by atoms with Gasteiger partial charge in [-0.05, 0) is 73.5 Å². The quantitative estimate of drug-likeness (QED) is 0.568.